The van der Waals surface area contributed by atoms with E-state index in [1.54, 1.807) is 11.0 Å². The normalized spacial score (nSPS) is 17.9. The average Bonchev–Trinajstić information content (AvgIpc) is 3.24. The van der Waals surface area contributed by atoms with Gasteiger partial charge in [0.2, 0.25) is 15.9 Å². The Balaban J connectivity index is 0.00000216. The fraction of sp³-hybridized carbons (Fsp3) is 0.476. The molecule has 0 radical (unpaired) electrons. The van der Waals surface area contributed by atoms with Crippen LogP contribution in [0.2, 0.25) is 5.02 Å². The van der Waals surface area contributed by atoms with Gasteiger partial charge in [0.25, 0.3) is 0 Å². The van der Waals surface area contributed by atoms with E-state index in [2.05, 4.69) is 19.6 Å². The first kappa shape index (κ1) is 29.3. The Bertz CT molecular complexity index is 1210. The van der Waals surface area contributed by atoms with Crippen molar-refractivity contribution in [1.82, 2.24) is 19.5 Å². The first-order valence-electron chi connectivity index (χ1n) is 10.8. The second kappa shape index (κ2) is 11.4. The van der Waals surface area contributed by atoms with Crippen LogP contribution >= 0.6 is 36.4 Å². The zero-order chi connectivity index (χ0) is 23.8. The van der Waals surface area contributed by atoms with Gasteiger partial charge in [-0.25, -0.2) is 13.4 Å². The van der Waals surface area contributed by atoms with Gasteiger partial charge < -0.3 is 21.3 Å². The van der Waals surface area contributed by atoms with E-state index >= 15 is 0 Å². The van der Waals surface area contributed by atoms with Crippen LogP contribution in [0.5, 0.6) is 0 Å². The fourth-order valence-corrected chi connectivity index (χ4v) is 6.18. The number of benzene rings is 1. The number of nitrogens with one attached hydrogen (secondary N) is 1. The molecule has 0 unspecified atom stereocenters. The number of sulfonamides is 1. The minimum Gasteiger partial charge on any atom is -0.370 e. The zero-order valence-corrected chi connectivity index (χ0v) is 22.4. The van der Waals surface area contributed by atoms with Crippen LogP contribution in [0.15, 0.2) is 34.3 Å². The summed E-state index contributed by atoms with van der Waals surface area (Å²) in [4.78, 5) is 25.5. The Morgan fingerprint density at radius 1 is 1.11 bits per heavy atom. The molecule has 1 saturated carbocycles. The number of carbonyl (C=O) groups excluding carboxylic acids is 1. The van der Waals surface area contributed by atoms with E-state index in [0.29, 0.717) is 41.7 Å². The quantitative estimate of drug-likeness (QED) is 0.370. The van der Waals surface area contributed by atoms with Crippen LogP contribution in [-0.4, -0.2) is 73.8 Å². The van der Waals surface area contributed by atoms with Crippen LogP contribution < -0.4 is 16.2 Å². The maximum Gasteiger partial charge on any atom is 0.243 e. The number of nitrogens with two attached hydrogens (primary N) is 2. The number of aromatic nitrogens is 1. The molecule has 1 amide bonds. The standard InChI is InChI=1S/C21H28ClN7O3S.2ClH/c1-28-8-10-29(11-9-28)19(30)21(6-2-3-7-21)27-33(31,32)14-4-5-15-16(12-14)18(26-20(23)24)25-13-17(15)22;;/h4-5,12-13,27H,2-3,6-11H2,1H3,(H4,23,24,25,26);2*1H. The van der Waals surface area contributed by atoms with Crippen molar-refractivity contribution in [3.05, 3.63) is 29.4 Å². The highest BCUT2D eigenvalue weighted by Crippen LogP contribution is 2.35. The predicted octanol–water partition coefficient (Wildman–Crippen LogP) is 2.00. The maximum atomic E-state index is 13.5. The van der Waals surface area contributed by atoms with E-state index in [-0.39, 0.29) is 47.4 Å². The molecule has 2 heterocycles. The van der Waals surface area contributed by atoms with Crippen molar-refractivity contribution in [1.29, 1.82) is 0 Å². The largest absolute Gasteiger partial charge is 0.370 e. The Morgan fingerprint density at radius 2 is 1.74 bits per heavy atom. The number of halogens is 3. The molecule has 1 aromatic heterocycles. The highest BCUT2D eigenvalue weighted by atomic mass is 35.5. The van der Waals surface area contributed by atoms with Gasteiger partial charge in [0.1, 0.15) is 5.54 Å². The Kier molecular flexibility index (Phi) is 9.59. The molecular weight excluding hydrogens is 537 g/mol. The van der Waals surface area contributed by atoms with Crippen LogP contribution in [0, 0.1) is 0 Å². The van der Waals surface area contributed by atoms with E-state index in [0.717, 1.165) is 25.9 Å². The van der Waals surface area contributed by atoms with Gasteiger partial charge in [-0.05, 0) is 32.0 Å². The number of rotatable bonds is 5. The molecule has 2 aliphatic rings. The molecule has 194 valence electrons. The summed E-state index contributed by atoms with van der Waals surface area (Å²) < 4.78 is 29.7. The van der Waals surface area contributed by atoms with Crippen molar-refractivity contribution in [3.63, 3.8) is 0 Å². The molecule has 14 heteroatoms. The SMILES string of the molecule is CN1CCN(C(=O)C2(NS(=O)(=O)c3ccc4c(Cl)cnc(N=C(N)N)c4c3)CCCC2)CC1.Cl.Cl. The average molecular weight is 567 g/mol. The van der Waals surface area contributed by atoms with Crippen LogP contribution in [-0.2, 0) is 14.8 Å². The van der Waals surface area contributed by atoms with Gasteiger partial charge in [0.05, 0.1) is 9.92 Å². The molecule has 2 fully saturated rings. The number of piperazine rings is 1. The van der Waals surface area contributed by atoms with E-state index in [9.17, 15) is 13.2 Å². The topological polar surface area (TPSA) is 147 Å². The molecule has 5 N–H and O–H groups in total. The fourth-order valence-electron chi connectivity index (χ4n) is 4.52. The first-order valence-corrected chi connectivity index (χ1v) is 12.7. The number of fused-ring (bicyclic) bond motifs is 1. The number of amides is 1. The van der Waals surface area contributed by atoms with E-state index < -0.39 is 15.6 Å². The number of nitrogens with zero attached hydrogens (tertiary/aromatic N) is 4. The van der Waals surface area contributed by atoms with Gasteiger partial charge in [-0.15, -0.1) is 24.8 Å². The summed E-state index contributed by atoms with van der Waals surface area (Å²) in [6.45, 7) is 2.70. The van der Waals surface area contributed by atoms with Crippen LogP contribution in [0.3, 0.4) is 0 Å². The third kappa shape index (κ3) is 6.10. The Hall–Kier alpha value is -1.89. The van der Waals surface area contributed by atoms with Gasteiger partial charge in [-0.3, -0.25) is 4.79 Å². The van der Waals surface area contributed by atoms with Crippen molar-refractivity contribution in [2.24, 2.45) is 16.5 Å². The van der Waals surface area contributed by atoms with Crippen LogP contribution in [0.4, 0.5) is 5.82 Å². The Labute approximate surface area is 222 Å². The van der Waals surface area contributed by atoms with Crippen LogP contribution in [0.1, 0.15) is 25.7 Å². The molecule has 2 aromatic rings. The summed E-state index contributed by atoms with van der Waals surface area (Å²) in [5.41, 5.74) is 9.85. The minimum atomic E-state index is -4.04. The molecule has 4 rings (SSSR count). The lowest BCUT2D eigenvalue weighted by Crippen LogP contribution is -2.60. The smallest absolute Gasteiger partial charge is 0.243 e. The molecule has 1 aliphatic heterocycles. The molecule has 1 aromatic carbocycles. The lowest BCUT2D eigenvalue weighted by Gasteiger charge is -2.39. The summed E-state index contributed by atoms with van der Waals surface area (Å²) >= 11 is 6.24. The number of hydrogen-bond donors (Lipinski definition) is 3. The highest BCUT2D eigenvalue weighted by Gasteiger charge is 2.47. The molecule has 1 aliphatic carbocycles. The van der Waals surface area contributed by atoms with E-state index in [1.165, 1.54) is 18.3 Å². The van der Waals surface area contributed by atoms with E-state index in [1.807, 2.05) is 7.05 Å². The molecule has 35 heavy (non-hydrogen) atoms. The van der Waals surface area contributed by atoms with Crippen molar-refractivity contribution >= 4 is 74.9 Å². The van der Waals surface area contributed by atoms with E-state index in [4.69, 9.17) is 23.1 Å². The van der Waals surface area contributed by atoms with Gasteiger partial charge in [0, 0.05) is 43.1 Å². The number of guanidine groups is 1. The lowest BCUT2D eigenvalue weighted by molar-refractivity contribution is -0.139. The number of hydrogen-bond acceptors (Lipinski definition) is 6. The summed E-state index contributed by atoms with van der Waals surface area (Å²) in [5.74, 6) is -0.195. The summed E-state index contributed by atoms with van der Waals surface area (Å²) in [5, 5.41) is 1.30. The molecule has 0 atom stereocenters. The third-order valence-electron chi connectivity index (χ3n) is 6.32. The number of pyridine rings is 1. The molecule has 1 saturated heterocycles. The van der Waals surface area contributed by atoms with Crippen molar-refractivity contribution in [2.45, 2.75) is 36.1 Å². The predicted molar refractivity (Wildman–Crippen MR) is 142 cm³/mol. The van der Waals surface area contributed by atoms with Gasteiger partial charge in [-0.2, -0.15) is 9.71 Å². The number of likely N-dealkylation sites (N-methyl/N-ethyl adjacent to an activating group) is 1. The molecular formula is C21H30Cl3N7O3S. The minimum absolute atomic E-state index is 0. The molecule has 0 bridgehead atoms. The summed E-state index contributed by atoms with van der Waals surface area (Å²) in [6.07, 6.45) is 3.91. The van der Waals surface area contributed by atoms with Crippen LogP contribution in [0.25, 0.3) is 10.8 Å². The zero-order valence-electron chi connectivity index (χ0n) is 19.2. The maximum absolute atomic E-state index is 13.5. The Morgan fingerprint density at radius 3 is 2.34 bits per heavy atom. The summed E-state index contributed by atoms with van der Waals surface area (Å²) in [7, 11) is -2.03. The highest BCUT2D eigenvalue weighted by molar-refractivity contribution is 7.89. The second-order valence-electron chi connectivity index (χ2n) is 8.66. The molecule has 10 nitrogen and oxygen atoms in total. The third-order valence-corrected chi connectivity index (χ3v) is 8.16. The first-order chi connectivity index (χ1) is 15.6. The number of aliphatic imine (C=N–C) groups is 1. The van der Waals surface area contributed by atoms with Crippen molar-refractivity contribution < 1.29 is 13.2 Å². The molecule has 0 spiro atoms. The van der Waals surface area contributed by atoms with Crippen molar-refractivity contribution in [3.8, 4) is 0 Å². The summed E-state index contributed by atoms with van der Waals surface area (Å²) in [6, 6.07) is 4.48. The van der Waals surface area contributed by atoms with Crippen molar-refractivity contribution in [2.75, 3.05) is 33.2 Å². The van der Waals surface area contributed by atoms with Gasteiger partial charge >= 0.3 is 0 Å². The van der Waals surface area contributed by atoms with Gasteiger partial charge in [0.15, 0.2) is 11.8 Å². The second-order valence-corrected chi connectivity index (χ2v) is 10.8. The number of carbonyl (C=O) groups is 1. The van der Waals surface area contributed by atoms with Gasteiger partial charge in [-0.1, -0.05) is 30.5 Å². The lowest BCUT2D eigenvalue weighted by atomic mass is 9.96. The monoisotopic (exact) mass is 565 g/mol.